The molecular weight excluding hydrogens is 725 g/mol. The van der Waals surface area contributed by atoms with Crippen molar-refractivity contribution in [2.75, 3.05) is 4.90 Å². The summed E-state index contributed by atoms with van der Waals surface area (Å²) in [6, 6.07) is 84.3. The lowest BCUT2D eigenvalue weighted by Crippen LogP contribution is -2.10. The molecule has 0 aliphatic rings. The van der Waals surface area contributed by atoms with Gasteiger partial charge in [0, 0.05) is 33.2 Å². The molecule has 0 saturated heterocycles. The van der Waals surface area contributed by atoms with Gasteiger partial charge in [0.15, 0.2) is 0 Å². The van der Waals surface area contributed by atoms with Crippen LogP contribution in [0.4, 0.5) is 17.1 Å². The van der Waals surface area contributed by atoms with Gasteiger partial charge in [-0.3, -0.25) is 0 Å². The van der Waals surface area contributed by atoms with Crippen LogP contribution >= 0.6 is 0 Å². The lowest BCUT2D eigenvalue weighted by molar-refractivity contribution is 1.18. The zero-order valence-electron chi connectivity index (χ0n) is 32.8. The third kappa shape index (κ3) is 5.50. The Balaban J connectivity index is 1.03. The smallest absolute Gasteiger partial charge is 0.0547 e. The molecule has 12 aromatic rings. The predicted molar refractivity (Wildman–Crippen MR) is 256 cm³/mol. The highest BCUT2D eigenvalue weighted by atomic mass is 15.1. The number of fused-ring (bicyclic) bond motifs is 9. The number of hydrogen-bond acceptors (Lipinski definition) is 1. The molecule has 0 atom stereocenters. The van der Waals surface area contributed by atoms with Crippen LogP contribution in [0.3, 0.4) is 0 Å². The highest BCUT2D eigenvalue weighted by molar-refractivity contribution is 6.25. The highest BCUT2D eigenvalue weighted by Crippen LogP contribution is 2.45. The third-order valence-electron chi connectivity index (χ3n) is 12.3. The Hall–Kier alpha value is -7.94. The second-order valence-corrected chi connectivity index (χ2v) is 15.7. The molecule has 11 aromatic carbocycles. The van der Waals surface area contributed by atoms with Gasteiger partial charge in [0.25, 0.3) is 0 Å². The van der Waals surface area contributed by atoms with E-state index in [0.717, 1.165) is 22.7 Å². The second-order valence-electron chi connectivity index (χ2n) is 15.7. The summed E-state index contributed by atoms with van der Waals surface area (Å²) >= 11 is 0. The summed E-state index contributed by atoms with van der Waals surface area (Å²) in [6.07, 6.45) is 0. The topological polar surface area (TPSA) is 8.17 Å². The van der Waals surface area contributed by atoms with Crippen molar-refractivity contribution in [1.82, 2.24) is 4.57 Å². The molecule has 0 N–H and O–H groups in total. The van der Waals surface area contributed by atoms with Gasteiger partial charge >= 0.3 is 0 Å². The quantitative estimate of drug-likeness (QED) is 0.153. The molecule has 1 aromatic heterocycles. The van der Waals surface area contributed by atoms with Crippen LogP contribution < -0.4 is 4.90 Å². The fourth-order valence-corrected chi connectivity index (χ4v) is 9.56. The number of nitrogens with zero attached hydrogens (tertiary/aromatic N) is 2. The monoisotopic (exact) mass is 762 g/mol. The lowest BCUT2D eigenvalue weighted by atomic mass is 9.96. The van der Waals surface area contributed by atoms with Gasteiger partial charge in [-0.2, -0.15) is 0 Å². The van der Waals surface area contributed by atoms with Crippen LogP contribution in [0.2, 0.25) is 0 Å². The minimum absolute atomic E-state index is 1.10. The summed E-state index contributed by atoms with van der Waals surface area (Å²) in [4.78, 5) is 2.42. The van der Waals surface area contributed by atoms with Crippen LogP contribution in [-0.4, -0.2) is 4.57 Å². The molecule has 0 radical (unpaired) electrons. The molecule has 2 nitrogen and oxygen atoms in total. The largest absolute Gasteiger partial charge is 0.310 e. The molecule has 2 heteroatoms. The van der Waals surface area contributed by atoms with Crippen molar-refractivity contribution in [2.24, 2.45) is 0 Å². The van der Waals surface area contributed by atoms with E-state index in [2.05, 4.69) is 240 Å². The molecule has 1 heterocycles. The van der Waals surface area contributed by atoms with Crippen molar-refractivity contribution in [3.05, 3.63) is 231 Å². The van der Waals surface area contributed by atoms with Gasteiger partial charge in [-0.25, -0.2) is 0 Å². The Morgan fingerprint density at radius 3 is 1.73 bits per heavy atom. The van der Waals surface area contributed by atoms with Crippen molar-refractivity contribution in [1.29, 1.82) is 0 Å². The molecule has 0 bridgehead atoms. The third-order valence-corrected chi connectivity index (χ3v) is 12.3. The first kappa shape index (κ1) is 34.1. The van der Waals surface area contributed by atoms with Gasteiger partial charge in [0.1, 0.15) is 0 Å². The van der Waals surface area contributed by atoms with E-state index in [9.17, 15) is 0 Å². The predicted octanol–water partition coefficient (Wildman–Crippen LogP) is 16.2. The summed E-state index contributed by atoms with van der Waals surface area (Å²) in [6.45, 7) is 0. The summed E-state index contributed by atoms with van der Waals surface area (Å²) in [5.41, 5.74) is 11.7. The SMILES string of the molecule is c1ccc(-n2c3cccc(-c4cccc(N(c5ccc(-c6ccc7c(ccc8ccccc87)c6)cc5)c5cccc6ccccc56)c4)c3c3c4ccccc4ccc32)cc1. The number of para-hydroxylation sites is 1. The van der Waals surface area contributed by atoms with Crippen LogP contribution in [0.1, 0.15) is 0 Å². The van der Waals surface area contributed by atoms with E-state index >= 15 is 0 Å². The molecule has 12 rings (SSSR count). The highest BCUT2D eigenvalue weighted by Gasteiger charge is 2.21. The molecule has 0 aliphatic carbocycles. The molecule has 280 valence electrons. The minimum Gasteiger partial charge on any atom is -0.310 e. The fraction of sp³-hybridized carbons (Fsp3) is 0. The van der Waals surface area contributed by atoms with Crippen molar-refractivity contribution < 1.29 is 0 Å². The zero-order valence-corrected chi connectivity index (χ0v) is 32.8. The molecule has 0 aliphatic heterocycles. The Bertz CT molecular complexity index is 3590. The Morgan fingerprint density at radius 1 is 0.300 bits per heavy atom. The van der Waals surface area contributed by atoms with E-state index in [0.29, 0.717) is 0 Å². The van der Waals surface area contributed by atoms with E-state index in [4.69, 9.17) is 0 Å². The van der Waals surface area contributed by atoms with Gasteiger partial charge in [-0.05, 0) is 121 Å². The molecule has 0 spiro atoms. The number of benzene rings is 11. The fourth-order valence-electron chi connectivity index (χ4n) is 9.56. The first-order valence-corrected chi connectivity index (χ1v) is 20.7. The van der Waals surface area contributed by atoms with Crippen LogP contribution in [-0.2, 0) is 0 Å². The Labute approximate surface area is 348 Å². The zero-order chi connectivity index (χ0) is 39.6. The first-order chi connectivity index (χ1) is 29.8. The van der Waals surface area contributed by atoms with Gasteiger partial charge in [-0.15, -0.1) is 0 Å². The normalized spacial score (nSPS) is 11.7. The Morgan fingerprint density at radius 2 is 0.900 bits per heavy atom. The average molecular weight is 763 g/mol. The summed E-state index contributed by atoms with van der Waals surface area (Å²) < 4.78 is 2.42. The molecular formula is C58H38N2. The van der Waals surface area contributed by atoms with Crippen LogP contribution in [0.25, 0.3) is 92.8 Å². The van der Waals surface area contributed by atoms with E-state index in [1.54, 1.807) is 0 Å². The molecule has 0 saturated carbocycles. The Kier molecular flexibility index (Phi) is 7.89. The average Bonchev–Trinajstić information content (AvgIpc) is 3.67. The van der Waals surface area contributed by atoms with Gasteiger partial charge < -0.3 is 9.47 Å². The number of rotatable bonds is 6. The number of anilines is 3. The minimum atomic E-state index is 1.10. The summed E-state index contributed by atoms with van der Waals surface area (Å²) in [5, 5.41) is 12.5. The van der Waals surface area contributed by atoms with Crippen molar-refractivity contribution >= 4 is 82.0 Å². The molecule has 0 amide bonds. The standard InChI is InChI=1S/C58H38N2/c1-2-18-46(19-3-1)60-55-26-12-24-53(58(55)57-52-23-9-6-15-42(52)32-36-56(57)60)44-17-10-20-48(38-44)59(54-25-11-16-40-13-5-8-22-51(40)54)47-33-29-39(30-34-47)43-31-35-50-45(37-43)28-27-41-14-4-7-21-49(41)50/h1-38H. The molecule has 0 fully saturated rings. The van der Waals surface area contributed by atoms with E-state index in [1.807, 2.05) is 0 Å². The van der Waals surface area contributed by atoms with Crippen LogP contribution in [0, 0.1) is 0 Å². The maximum atomic E-state index is 2.42. The van der Waals surface area contributed by atoms with Crippen LogP contribution in [0.15, 0.2) is 231 Å². The van der Waals surface area contributed by atoms with E-state index in [-0.39, 0.29) is 0 Å². The van der Waals surface area contributed by atoms with Crippen molar-refractivity contribution in [2.45, 2.75) is 0 Å². The second kappa shape index (κ2) is 13.9. The molecule has 60 heavy (non-hydrogen) atoms. The van der Waals surface area contributed by atoms with Gasteiger partial charge in [0.05, 0.1) is 16.7 Å². The van der Waals surface area contributed by atoms with Gasteiger partial charge in [-0.1, -0.05) is 170 Å². The summed E-state index contributed by atoms with van der Waals surface area (Å²) in [5.74, 6) is 0. The maximum absolute atomic E-state index is 2.42. The maximum Gasteiger partial charge on any atom is 0.0547 e. The van der Waals surface area contributed by atoms with Crippen LogP contribution in [0.5, 0.6) is 0 Å². The molecule has 0 unspecified atom stereocenters. The lowest BCUT2D eigenvalue weighted by Gasteiger charge is -2.27. The van der Waals surface area contributed by atoms with Crippen molar-refractivity contribution in [3.8, 4) is 27.9 Å². The van der Waals surface area contributed by atoms with E-state index < -0.39 is 0 Å². The number of hydrogen-bond donors (Lipinski definition) is 0. The summed E-state index contributed by atoms with van der Waals surface area (Å²) in [7, 11) is 0. The first-order valence-electron chi connectivity index (χ1n) is 20.7. The van der Waals surface area contributed by atoms with Gasteiger partial charge in [0.2, 0.25) is 0 Å². The number of aromatic nitrogens is 1. The van der Waals surface area contributed by atoms with Crippen molar-refractivity contribution in [3.63, 3.8) is 0 Å². The van der Waals surface area contributed by atoms with E-state index in [1.165, 1.54) is 87.1 Å².